The molecule has 0 N–H and O–H groups in total. The van der Waals surface area contributed by atoms with Crippen LogP contribution in [0.5, 0.6) is 0 Å². The Hall–Kier alpha value is -2.96. The predicted octanol–water partition coefficient (Wildman–Crippen LogP) is 1.55. The van der Waals surface area contributed by atoms with Crippen LogP contribution >= 0.6 is 0 Å². The van der Waals surface area contributed by atoms with Crippen molar-refractivity contribution in [2.75, 3.05) is 0 Å². The molecule has 4 aromatic rings. The number of aryl methyl sites for hydroxylation is 2. The zero-order valence-electron chi connectivity index (χ0n) is 11.7. The Kier molecular flexibility index (Phi) is 2.41. The topological polar surface area (TPSA) is 66.3 Å². The average molecular weight is 279 g/mol. The predicted molar refractivity (Wildman–Crippen MR) is 77.8 cm³/mol. The van der Waals surface area contributed by atoms with E-state index >= 15 is 0 Å². The summed E-state index contributed by atoms with van der Waals surface area (Å²) in [6.07, 6.45) is 7.26. The largest absolute Gasteiger partial charge is 0.331 e. The van der Waals surface area contributed by atoms with E-state index in [0.717, 1.165) is 28.2 Å². The lowest BCUT2D eigenvalue weighted by Gasteiger charge is -2.08. The molecule has 0 spiro atoms. The number of nitrogens with zero attached hydrogens (tertiary/aromatic N) is 7. The summed E-state index contributed by atoms with van der Waals surface area (Å²) in [5, 5.41) is 8.35. The van der Waals surface area contributed by atoms with E-state index in [0.29, 0.717) is 0 Å². The molecular weight excluding hydrogens is 266 g/mol. The van der Waals surface area contributed by atoms with Crippen LogP contribution in [0.15, 0.2) is 43.1 Å². The van der Waals surface area contributed by atoms with E-state index < -0.39 is 0 Å². The first-order valence-corrected chi connectivity index (χ1v) is 6.54. The van der Waals surface area contributed by atoms with Crippen molar-refractivity contribution in [1.29, 1.82) is 0 Å². The average Bonchev–Trinajstić information content (AvgIpc) is 3.19. The Morgan fingerprint density at radius 1 is 1.14 bits per heavy atom. The van der Waals surface area contributed by atoms with Crippen LogP contribution < -0.4 is 0 Å². The maximum atomic E-state index is 4.46. The third kappa shape index (κ3) is 1.67. The van der Waals surface area contributed by atoms with E-state index in [9.17, 15) is 0 Å². The summed E-state index contributed by atoms with van der Waals surface area (Å²) in [6.45, 7) is 0. The molecular formula is C14H13N7. The molecule has 21 heavy (non-hydrogen) atoms. The fourth-order valence-electron chi connectivity index (χ4n) is 2.50. The van der Waals surface area contributed by atoms with Crippen molar-refractivity contribution < 1.29 is 0 Å². The second-order valence-corrected chi connectivity index (χ2v) is 4.87. The lowest BCUT2D eigenvalue weighted by Crippen LogP contribution is -2.00. The number of benzene rings is 1. The third-order valence-electron chi connectivity index (χ3n) is 3.57. The summed E-state index contributed by atoms with van der Waals surface area (Å²) in [5.41, 5.74) is 3.73. The highest BCUT2D eigenvalue weighted by molar-refractivity contribution is 5.84. The van der Waals surface area contributed by atoms with Gasteiger partial charge in [0.2, 0.25) is 0 Å². The van der Waals surface area contributed by atoms with E-state index in [4.69, 9.17) is 0 Å². The maximum absolute atomic E-state index is 4.46. The first kappa shape index (κ1) is 11.8. The number of imidazole rings is 2. The first-order valence-electron chi connectivity index (χ1n) is 6.54. The van der Waals surface area contributed by atoms with Crippen LogP contribution in [0.4, 0.5) is 0 Å². The number of rotatable bonds is 2. The van der Waals surface area contributed by atoms with Crippen molar-refractivity contribution in [2.24, 2.45) is 14.1 Å². The van der Waals surface area contributed by atoms with Gasteiger partial charge in [-0.2, -0.15) is 0 Å². The van der Waals surface area contributed by atoms with Gasteiger partial charge in [0.15, 0.2) is 5.82 Å². The molecule has 0 aliphatic rings. The highest BCUT2D eigenvalue weighted by atomic mass is 15.4. The monoisotopic (exact) mass is 279 g/mol. The molecule has 0 unspecified atom stereocenters. The van der Waals surface area contributed by atoms with Crippen LogP contribution in [0.3, 0.4) is 0 Å². The van der Waals surface area contributed by atoms with Gasteiger partial charge in [0.05, 0.1) is 23.7 Å². The van der Waals surface area contributed by atoms with Gasteiger partial charge in [0, 0.05) is 26.5 Å². The Bertz CT molecular complexity index is 928. The molecule has 0 aliphatic carbocycles. The zero-order chi connectivity index (χ0) is 14.4. The standard InChI is InChI=1S/C14H13N7/c1-19-9-15-8-12(19)14-16-6-7-21(14)11-5-3-4-10-13(11)17-18-20(10)2/h3-9H,1-2H3. The summed E-state index contributed by atoms with van der Waals surface area (Å²) < 4.78 is 5.71. The summed E-state index contributed by atoms with van der Waals surface area (Å²) in [6, 6.07) is 6.01. The van der Waals surface area contributed by atoms with Crippen LogP contribution in [-0.4, -0.2) is 34.1 Å². The van der Waals surface area contributed by atoms with Gasteiger partial charge in [-0.1, -0.05) is 11.3 Å². The molecule has 1 aromatic carbocycles. The lowest BCUT2D eigenvalue weighted by atomic mass is 10.2. The Morgan fingerprint density at radius 2 is 2.05 bits per heavy atom. The molecule has 3 heterocycles. The van der Waals surface area contributed by atoms with Crippen LogP contribution in [0.1, 0.15) is 0 Å². The first-order chi connectivity index (χ1) is 10.3. The number of fused-ring (bicyclic) bond motifs is 1. The van der Waals surface area contributed by atoms with E-state index in [1.165, 1.54) is 0 Å². The highest BCUT2D eigenvalue weighted by Crippen LogP contribution is 2.25. The zero-order valence-corrected chi connectivity index (χ0v) is 11.7. The summed E-state index contributed by atoms with van der Waals surface area (Å²) in [7, 11) is 3.83. The smallest absolute Gasteiger partial charge is 0.162 e. The van der Waals surface area contributed by atoms with Crippen LogP contribution in [0, 0.1) is 0 Å². The molecule has 7 heteroatoms. The van der Waals surface area contributed by atoms with Gasteiger partial charge in [-0.05, 0) is 12.1 Å². The van der Waals surface area contributed by atoms with E-state index in [1.54, 1.807) is 23.4 Å². The van der Waals surface area contributed by atoms with Crippen molar-refractivity contribution in [1.82, 2.24) is 34.1 Å². The third-order valence-corrected chi connectivity index (χ3v) is 3.57. The van der Waals surface area contributed by atoms with Crippen molar-refractivity contribution in [3.05, 3.63) is 43.1 Å². The Morgan fingerprint density at radius 3 is 2.86 bits per heavy atom. The van der Waals surface area contributed by atoms with Gasteiger partial charge >= 0.3 is 0 Å². The molecule has 0 amide bonds. The molecule has 0 fully saturated rings. The minimum Gasteiger partial charge on any atom is -0.331 e. The van der Waals surface area contributed by atoms with Gasteiger partial charge < -0.3 is 4.57 Å². The molecule has 3 aromatic heterocycles. The molecule has 0 saturated carbocycles. The Labute approximate surface area is 120 Å². The van der Waals surface area contributed by atoms with E-state index in [1.807, 2.05) is 47.6 Å². The Balaban J connectivity index is 1.99. The summed E-state index contributed by atoms with van der Waals surface area (Å²) in [4.78, 5) is 8.61. The van der Waals surface area contributed by atoms with Crippen molar-refractivity contribution in [3.63, 3.8) is 0 Å². The fraction of sp³-hybridized carbons (Fsp3) is 0.143. The minimum atomic E-state index is 0.827. The molecule has 104 valence electrons. The van der Waals surface area contributed by atoms with Gasteiger partial charge in [0.1, 0.15) is 11.2 Å². The number of aromatic nitrogens is 7. The second-order valence-electron chi connectivity index (χ2n) is 4.87. The normalized spacial score (nSPS) is 11.3. The van der Waals surface area contributed by atoms with Gasteiger partial charge in [0.25, 0.3) is 0 Å². The number of hydrogen-bond donors (Lipinski definition) is 0. The van der Waals surface area contributed by atoms with Crippen LogP contribution in [-0.2, 0) is 14.1 Å². The number of hydrogen-bond acceptors (Lipinski definition) is 4. The highest BCUT2D eigenvalue weighted by Gasteiger charge is 2.14. The summed E-state index contributed by atoms with van der Waals surface area (Å²) in [5.74, 6) is 0.827. The minimum absolute atomic E-state index is 0.827. The van der Waals surface area contributed by atoms with Gasteiger partial charge in [-0.15, -0.1) is 5.10 Å². The molecule has 0 saturated heterocycles. The molecule has 7 nitrogen and oxygen atoms in total. The van der Waals surface area contributed by atoms with Gasteiger partial charge in [-0.3, -0.25) is 4.57 Å². The van der Waals surface area contributed by atoms with E-state index in [2.05, 4.69) is 20.3 Å². The molecule has 4 rings (SSSR count). The fourth-order valence-corrected chi connectivity index (χ4v) is 2.50. The quantitative estimate of drug-likeness (QED) is 0.558. The molecule has 0 bridgehead atoms. The van der Waals surface area contributed by atoms with Crippen LogP contribution in [0.25, 0.3) is 28.2 Å². The molecule has 0 aliphatic heterocycles. The van der Waals surface area contributed by atoms with E-state index in [-0.39, 0.29) is 0 Å². The van der Waals surface area contributed by atoms with Crippen molar-refractivity contribution >= 4 is 11.0 Å². The summed E-state index contributed by atoms with van der Waals surface area (Å²) >= 11 is 0. The van der Waals surface area contributed by atoms with Crippen LogP contribution in [0.2, 0.25) is 0 Å². The van der Waals surface area contributed by atoms with Crippen molar-refractivity contribution in [3.8, 4) is 17.2 Å². The lowest BCUT2D eigenvalue weighted by molar-refractivity contribution is 0.736. The molecule has 0 atom stereocenters. The SMILES string of the molecule is Cn1cncc1-c1nccn1-c1cccc2c1nnn2C. The molecule has 0 radical (unpaired) electrons. The second kappa shape index (κ2) is 4.27. The van der Waals surface area contributed by atoms with Crippen molar-refractivity contribution in [2.45, 2.75) is 0 Å². The maximum Gasteiger partial charge on any atom is 0.162 e. The van der Waals surface area contributed by atoms with Gasteiger partial charge in [-0.25, -0.2) is 14.6 Å².